The van der Waals surface area contributed by atoms with Crippen molar-refractivity contribution in [2.24, 2.45) is 5.92 Å². The highest BCUT2D eigenvalue weighted by Crippen LogP contribution is 2.22. The van der Waals surface area contributed by atoms with Crippen LogP contribution < -0.4 is 5.32 Å². The predicted octanol–water partition coefficient (Wildman–Crippen LogP) is 1.93. The Morgan fingerprint density at radius 1 is 1.08 bits per heavy atom. The van der Waals surface area contributed by atoms with Crippen LogP contribution in [0, 0.1) is 5.92 Å². The molecule has 0 spiro atoms. The molecule has 3 rings (SSSR count). The van der Waals surface area contributed by atoms with Gasteiger partial charge in [0.15, 0.2) is 0 Å². The van der Waals surface area contributed by atoms with Gasteiger partial charge in [-0.05, 0) is 52.0 Å². The summed E-state index contributed by atoms with van der Waals surface area (Å²) in [5.74, 6) is 1.07. The number of amides is 1. The molecule has 0 aromatic carbocycles. The van der Waals surface area contributed by atoms with E-state index in [1.54, 1.807) is 0 Å². The lowest BCUT2D eigenvalue weighted by molar-refractivity contribution is -0.134. The van der Waals surface area contributed by atoms with Crippen LogP contribution in [0.4, 0.5) is 0 Å². The zero-order valence-electron chi connectivity index (χ0n) is 14.9. The molecule has 1 N–H and O–H groups in total. The summed E-state index contributed by atoms with van der Waals surface area (Å²) in [6, 6.07) is 0.0949. The van der Waals surface area contributed by atoms with Crippen LogP contribution in [0.25, 0.3) is 0 Å². The minimum Gasteiger partial charge on any atom is -0.373 e. The van der Waals surface area contributed by atoms with Gasteiger partial charge in [-0.3, -0.25) is 9.69 Å². The highest BCUT2D eigenvalue weighted by molar-refractivity contribution is 5.85. The lowest BCUT2D eigenvalue weighted by atomic mass is 9.95. The van der Waals surface area contributed by atoms with Crippen molar-refractivity contribution in [1.29, 1.82) is 0 Å². The number of nitrogens with one attached hydrogen (secondary N) is 1. The van der Waals surface area contributed by atoms with Crippen molar-refractivity contribution in [3.05, 3.63) is 0 Å². The highest BCUT2D eigenvalue weighted by Gasteiger charge is 2.31. The second kappa shape index (κ2) is 10.2. The zero-order valence-corrected chi connectivity index (χ0v) is 16.5. The Kier molecular flexibility index (Phi) is 9.31. The number of piperidine rings is 1. The van der Waals surface area contributed by atoms with Gasteiger partial charge in [0.05, 0.1) is 18.2 Å². The standard InChI is InChI=1S/C17H31N3O2.2ClH/c1-13-10-19(11-14(2)22-13)12-15-5-8-20(9-6-15)17(21)16-4-3-7-18-16;;/h13-16,18H,3-12H2,1-2H3;2*1H. The third-order valence-corrected chi connectivity index (χ3v) is 5.30. The number of morpholine rings is 1. The first-order chi connectivity index (χ1) is 10.6. The Morgan fingerprint density at radius 2 is 1.71 bits per heavy atom. The molecule has 7 heteroatoms. The van der Waals surface area contributed by atoms with Crippen LogP contribution in [-0.4, -0.2) is 73.2 Å². The average molecular weight is 382 g/mol. The van der Waals surface area contributed by atoms with E-state index < -0.39 is 0 Å². The van der Waals surface area contributed by atoms with Crippen LogP contribution in [0.5, 0.6) is 0 Å². The minimum absolute atomic E-state index is 0. The Morgan fingerprint density at radius 3 is 2.25 bits per heavy atom. The van der Waals surface area contributed by atoms with Gasteiger partial charge in [0.25, 0.3) is 0 Å². The molecule has 0 aliphatic carbocycles. The van der Waals surface area contributed by atoms with Gasteiger partial charge in [-0.2, -0.15) is 0 Å². The van der Waals surface area contributed by atoms with Crippen LogP contribution in [0.15, 0.2) is 0 Å². The van der Waals surface area contributed by atoms with Crippen molar-refractivity contribution in [1.82, 2.24) is 15.1 Å². The molecule has 142 valence electrons. The molecule has 0 aromatic rings. The van der Waals surface area contributed by atoms with Crippen molar-refractivity contribution < 1.29 is 9.53 Å². The molecule has 3 atom stereocenters. The smallest absolute Gasteiger partial charge is 0.239 e. The third-order valence-electron chi connectivity index (χ3n) is 5.30. The second-order valence-corrected chi connectivity index (χ2v) is 7.39. The molecule has 0 bridgehead atoms. The Hall–Kier alpha value is -0.0700. The van der Waals surface area contributed by atoms with E-state index in [1.807, 2.05) is 0 Å². The van der Waals surface area contributed by atoms with Gasteiger partial charge in [0.1, 0.15) is 0 Å². The van der Waals surface area contributed by atoms with Crippen LogP contribution >= 0.6 is 24.8 Å². The van der Waals surface area contributed by atoms with Gasteiger partial charge in [0, 0.05) is 32.7 Å². The molecule has 3 aliphatic rings. The molecule has 0 saturated carbocycles. The van der Waals surface area contributed by atoms with Crippen LogP contribution in [-0.2, 0) is 9.53 Å². The first-order valence-electron chi connectivity index (χ1n) is 9.02. The normalized spacial score (nSPS) is 32.1. The van der Waals surface area contributed by atoms with Crippen molar-refractivity contribution in [3.63, 3.8) is 0 Å². The van der Waals surface area contributed by atoms with E-state index in [1.165, 1.54) is 6.54 Å². The van der Waals surface area contributed by atoms with Crippen molar-refractivity contribution in [3.8, 4) is 0 Å². The largest absolute Gasteiger partial charge is 0.373 e. The van der Waals surface area contributed by atoms with Gasteiger partial charge in [-0.1, -0.05) is 0 Å². The summed E-state index contributed by atoms with van der Waals surface area (Å²) in [7, 11) is 0. The number of halogens is 2. The van der Waals surface area contributed by atoms with E-state index in [0.717, 1.165) is 64.3 Å². The van der Waals surface area contributed by atoms with Crippen LogP contribution in [0.2, 0.25) is 0 Å². The number of ether oxygens (including phenoxy) is 1. The molecule has 0 radical (unpaired) electrons. The molecule has 1 amide bonds. The summed E-state index contributed by atoms with van der Waals surface area (Å²) >= 11 is 0. The number of rotatable bonds is 3. The number of carbonyl (C=O) groups is 1. The molecule has 3 fully saturated rings. The van der Waals surface area contributed by atoms with Crippen molar-refractivity contribution in [2.45, 2.75) is 57.8 Å². The Bertz CT molecular complexity index is 376. The fourth-order valence-electron chi connectivity index (χ4n) is 4.25. The van der Waals surface area contributed by atoms with E-state index >= 15 is 0 Å². The van der Waals surface area contributed by atoms with Gasteiger partial charge in [-0.25, -0.2) is 0 Å². The average Bonchev–Trinajstić information content (AvgIpc) is 3.00. The molecule has 24 heavy (non-hydrogen) atoms. The van der Waals surface area contributed by atoms with Gasteiger partial charge in [-0.15, -0.1) is 24.8 Å². The highest BCUT2D eigenvalue weighted by atomic mass is 35.5. The van der Waals surface area contributed by atoms with Gasteiger partial charge >= 0.3 is 0 Å². The quantitative estimate of drug-likeness (QED) is 0.810. The van der Waals surface area contributed by atoms with Crippen molar-refractivity contribution in [2.75, 3.05) is 39.3 Å². The summed E-state index contributed by atoms with van der Waals surface area (Å²) in [5.41, 5.74) is 0. The third kappa shape index (κ3) is 5.73. The lowest BCUT2D eigenvalue weighted by Gasteiger charge is -2.39. The van der Waals surface area contributed by atoms with Crippen LogP contribution in [0.3, 0.4) is 0 Å². The molecular weight excluding hydrogens is 349 g/mol. The maximum atomic E-state index is 12.4. The van der Waals surface area contributed by atoms with Gasteiger partial charge in [0.2, 0.25) is 5.91 Å². The first kappa shape index (κ1) is 22.0. The fraction of sp³-hybridized carbons (Fsp3) is 0.941. The summed E-state index contributed by atoms with van der Waals surface area (Å²) in [4.78, 5) is 17.1. The topological polar surface area (TPSA) is 44.8 Å². The number of hydrogen-bond donors (Lipinski definition) is 1. The fourth-order valence-corrected chi connectivity index (χ4v) is 4.25. The van der Waals surface area contributed by atoms with E-state index in [0.29, 0.717) is 18.1 Å². The summed E-state index contributed by atoms with van der Waals surface area (Å²) < 4.78 is 5.81. The summed E-state index contributed by atoms with van der Waals surface area (Å²) in [6.45, 7) is 10.5. The maximum Gasteiger partial charge on any atom is 0.239 e. The molecule has 3 aliphatic heterocycles. The Balaban J connectivity index is 0.00000144. The number of hydrogen-bond acceptors (Lipinski definition) is 4. The number of nitrogens with zero attached hydrogens (tertiary/aromatic N) is 2. The van der Waals surface area contributed by atoms with E-state index in [9.17, 15) is 4.79 Å². The van der Waals surface area contributed by atoms with E-state index in [2.05, 4.69) is 29.0 Å². The number of likely N-dealkylation sites (tertiary alicyclic amines) is 1. The zero-order chi connectivity index (χ0) is 15.5. The number of carbonyl (C=O) groups excluding carboxylic acids is 1. The molecule has 0 aromatic heterocycles. The predicted molar refractivity (Wildman–Crippen MR) is 101 cm³/mol. The monoisotopic (exact) mass is 381 g/mol. The second-order valence-electron chi connectivity index (χ2n) is 7.39. The van der Waals surface area contributed by atoms with Crippen molar-refractivity contribution >= 4 is 30.7 Å². The molecule has 5 nitrogen and oxygen atoms in total. The van der Waals surface area contributed by atoms with Gasteiger partial charge < -0.3 is 15.0 Å². The summed E-state index contributed by atoms with van der Waals surface area (Å²) in [5, 5.41) is 3.33. The minimum atomic E-state index is 0. The molecule has 3 unspecified atom stereocenters. The maximum absolute atomic E-state index is 12.4. The Labute approximate surface area is 158 Å². The first-order valence-corrected chi connectivity index (χ1v) is 9.02. The van der Waals surface area contributed by atoms with Crippen LogP contribution in [0.1, 0.15) is 39.5 Å². The SMILES string of the molecule is CC1CN(CC2CCN(C(=O)C3CCCN3)CC2)CC(C)O1.Cl.Cl. The lowest BCUT2D eigenvalue weighted by Crippen LogP contribution is -2.50. The van der Waals surface area contributed by atoms with E-state index in [4.69, 9.17) is 4.74 Å². The molecule has 3 heterocycles. The molecule has 3 saturated heterocycles. The molecular formula is C17H33Cl2N3O2. The summed E-state index contributed by atoms with van der Waals surface area (Å²) in [6.07, 6.45) is 5.15. The van der Waals surface area contributed by atoms with E-state index in [-0.39, 0.29) is 30.9 Å².